The highest BCUT2D eigenvalue weighted by atomic mass is 32.2. The maximum absolute atomic E-state index is 12.6. The van der Waals surface area contributed by atoms with E-state index in [2.05, 4.69) is 20.5 Å². The topological polar surface area (TPSA) is 117 Å². The lowest BCUT2D eigenvalue weighted by molar-refractivity contribution is -0.120. The number of nitrogens with one attached hydrogen (secondary N) is 2. The third kappa shape index (κ3) is 4.50. The summed E-state index contributed by atoms with van der Waals surface area (Å²) in [6, 6.07) is 7.35. The molecule has 0 aliphatic carbocycles. The van der Waals surface area contributed by atoms with Crippen LogP contribution in [-0.2, 0) is 14.8 Å². The van der Waals surface area contributed by atoms with Crippen molar-refractivity contribution in [2.24, 2.45) is 5.92 Å². The van der Waals surface area contributed by atoms with Crippen LogP contribution in [0.2, 0.25) is 0 Å². The highest BCUT2D eigenvalue weighted by Crippen LogP contribution is 2.27. The van der Waals surface area contributed by atoms with Gasteiger partial charge in [-0.2, -0.15) is 4.98 Å². The Balaban J connectivity index is 1.68. The number of ether oxygens (including phenoxy) is 1. The van der Waals surface area contributed by atoms with Crippen LogP contribution >= 0.6 is 0 Å². The molecule has 9 nitrogen and oxygen atoms in total. The molecule has 1 aromatic heterocycles. The molecular formula is C18H25N5O4S. The summed E-state index contributed by atoms with van der Waals surface area (Å²) in [4.78, 5) is 16.9. The summed E-state index contributed by atoms with van der Waals surface area (Å²) in [5.74, 6) is 0.670. The number of anilines is 1. The molecule has 1 aliphatic heterocycles. The summed E-state index contributed by atoms with van der Waals surface area (Å²) in [6.45, 7) is 2.48. The smallest absolute Gasteiger partial charge is 0.249 e. The molecule has 1 aliphatic rings. The van der Waals surface area contributed by atoms with Gasteiger partial charge in [0.15, 0.2) is 5.82 Å². The number of amides is 1. The van der Waals surface area contributed by atoms with E-state index < -0.39 is 15.9 Å². The Bertz CT molecular complexity index is 928. The Kier molecular flexibility index (Phi) is 6.30. The molecule has 2 aromatic rings. The van der Waals surface area contributed by atoms with Gasteiger partial charge in [0.2, 0.25) is 21.9 Å². The van der Waals surface area contributed by atoms with Crippen LogP contribution in [0.1, 0.15) is 26.2 Å². The van der Waals surface area contributed by atoms with E-state index in [9.17, 15) is 13.2 Å². The summed E-state index contributed by atoms with van der Waals surface area (Å²) in [7, 11) is -1.74. The normalized spacial score (nSPS) is 18.0. The zero-order valence-electron chi connectivity index (χ0n) is 16.0. The summed E-state index contributed by atoms with van der Waals surface area (Å²) < 4.78 is 31.3. The van der Waals surface area contributed by atoms with Crippen molar-refractivity contribution >= 4 is 21.9 Å². The van der Waals surface area contributed by atoms with Gasteiger partial charge in [0.25, 0.3) is 0 Å². The molecule has 2 N–H and O–H groups in total. The lowest BCUT2D eigenvalue weighted by atomic mass is 9.99. The van der Waals surface area contributed by atoms with Gasteiger partial charge in [-0.25, -0.2) is 12.7 Å². The van der Waals surface area contributed by atoms with Crippen molar-refractivity contribution in [1.82, 2.24) is 19.5 Å². The number of para-hydroxylation sites is 1. The number of benzene rings is 1. The Hall–Kier alpha value is -2.46. The summed E-state index contributed by atoms with van der Waals surface area (Å²) in [5, 5.41) is 9.53. The number of aromatic amines is 1. The Labute approximate surface area is 164 Å². The number of rotatable bonds is 7. The van der Waals surface area contributed by atoms with Crippen LogP contribution in [0, 0.1) is 5.92 Å². The van der Waals surface area contributed by atoms with Gasteiger partial charge in [-0.05, 0) is 31.4 Å². The molecule has 1 fully saturated rings. The molecule has 10 heteroatoms. The molecule has 1 aromatic carbocycles. The van der Waals surface area contributed by atoms with E-state index in [1.54, 1.807) is 7.11 Å². The highest BCUT2D eigenvalue weighted by molar-refractivity contribution is 7.89. The molecule has 3 rings (SSSR count). The number of H-pyrrole nitrogens is 1. The maximum Gasteiger partial charge on any atom is 0.249 e. The lowest BCUT2D eigenvalue weighted by Gasteiger charge is -2.30. The summed E-state index contributed by atoms with van der Waals surface area (Å²) >= 11 is 0. The van der Waals surface area contributed by atoms with Gasteiger partial charge in [-0.1, -0.05) is 19.1 Å². The van der Waals surface area contributed by atoms with E-state index in [1.807, 2.05) is 31.2 Å². The molecule has 0 saturated carbocycles. The van der Waals surface area contributed by atoms with Gasteiger partial charge in [-0.3, -0.25) is 15.2 Å². The number of hydrogen-bond donors (Lipinski definition) is 2. The van der Waals surface area contributed by atoms with Crippen LogP contribution in [0.15, 0.2) is 24.3 Å². The van der Waals surface area contributed by atoms with Crippen molar-refractivity contribution in [3.8, 4) is 17.1 Å². The number of methoxy groups -OCH3 is 1. The summed E-state index contributed by atoms with van der Waals surface area (Å²) in [5.41, 5.74) is 0.729. The fraction of sp³-hybridized carbons (Fsp3) is 0.500. The Morgan fingerprint density at radius 2 is 2.18 bits per heavy atom. The third-order valence-electron chi connectivity index (χ3n) is 4.69. The van der Waals surface area contributed by atoms with Gasteiger partial charge in [0.1, 0.15) is 5.75 Å². The van der Waals surface area contributed by atoms with Crippen LogP contribution in [0.4, 0.5) is 5.95 Å². The predicted octanol–water partition coefficient (Wildman–Crippen LogP) is 1.87. The minimum absolute atomic E-state index is 0.102. The molecule has 1 saturated heterocycles. The van der Waals surface area contributed by atoms with Crippen LogP contribution < -0.4 is 10.1 Å². The first-order chi connectivity index (χ1) is 13.4. The second-order valence-electron chi connectivity index (χ2n) is 6.71. The molecule has 1 unspecified atom stereocenters. The van der Waals surface area contributed by atoms with Gasteiger partial charge in [0.05, 0.1) is 24.3 Å². The van der Waals surface area contributed by atoms with E-state index in [0.717, 1.165) is 5.56 Å². The number of hydrogen-bond acceptors (Lipinski definition) is 6. The first kappa shape index (κ1) is 20.3. The van der Waals surface area contributed by atoms with E-state index >= 15 is 0 Å². The van der Waals surface area contributed by atoms with Crippen molar-refractivity contribution in [3.63, 3.8) is 0 Å². The zero-order valence-corrected chi connectivity index (χ0v) is 16.8. The molecule has 0 radical (unpaired) electrons. The van der Waals surface area contributed by atoms with E-state index in [-0.39, 0.29) is 24.2 Å². The molecular weight excluding hydrogens is 382 g/mol. The number of piperidine rings is 1. The zero-order chi connectivity index (χ0) is 20.1. The largest absolute Gasteiger partial charge is 0.496 e. The molecule has 0 bridgehead atoms. The van der Waals surface area contributed by atoms with Gasteiger partial charge in [-0.15, -0.1) is 5.10 Å². The quantitative estimate of drug-likeness (QED) is 0.724. The molecule has 1 atom stereocenters. The molecule has 152 valence electrons. The fourth-order valence-corrected chi connectivity index (χ4v) is 4.88. The van der Waals surface area contributed by atoms with Crippen LogP contribution in [0.25, 0.3) is 11.4 Å². The predicted molar refractivity (Wildman–Crippen MR) is 105 cm³/mol. The minimum atomic E-state index is -3.31. The average molecular weight is 407 g/mol. The maximum atomic E-state index is 12.6. The Morgan fingerprint density at radius 3 is 2.93 bits per heavy atom. The molecule has 2 heterocycles. The first-order valence-electron chi connectivity index (χ1n) is 9.29. The van der Waals surface area contributed by atoms with E-state index in [4.69, 9.17) is 4.74 Å². The minimum Gasteiger partial charge on any atom is -0.496 e. The van der Waals surface area contributed by atoms with Gasteiger partial charge >= 0.3 is 0 Å². The highest BCUT2D eigenvalue weighted by Gasteiger charge is 2.32. The number of aromatic nitrogens is 3. The molecule has 28 heavy (non-hydrogen) atoms. The van der Waals surface area contributed by atoms with Gasteiger partial charge < -0.3 is 4.74 Å². The second kappa shape index (κ2) is 8.70. The number of carbonyl (C=O) groups excluding carboxylic acids is 1. The van der Waals surface area contributed by atoms with Crippen LogP contribution in [0.5, 0.6) is 5.75 Å². The summed E-state index contributed by atoms with van der Waals surface area (Å²) in [6.07, 6.45) is 1.84. The average Bonchev–Trinajstić information content (AvgIpc) is 3.16. The van der Waals surface area contributed by atoms with Crippen molar-refractivity contribution in [2.75, 3.05) is 31.3 Å². The van der Waals surface area contributed by atoms with Crippen molar-refractivity contribution in [1.29, 1.82) is 0 Å². The number of carbonyl (C=O) groups is 1. The fourth-order valence-electron chi connectivity index (χ4n) is 3.29. The van der Waals surface area contributed by atoms with Crippen molar-refractivity contribution < 1.29 is 17.9 Å². The second-order valence-corrected chi connectivity index (χ2v) is 8.80. The van der Waals surface area contributed by atoms with Crippen molar-refractivity contribution in [2.45, 2.75) is 26.2 Å². The van der Waals surface area contributed by atoms with Crippen LogP contribution in [0.3, 0.4) is 0 Å². The van der Waals surface area contributed by atoms with E-state index in [0.29, 0.717) is 37.4 Å². The van der Waals surface area contributed by atoms with Gasteiger partial charge in [0, 0.05) is 13.1 Å². The molecule has 0 spiro atoms. The lowest BCUT2D eigenvalue weighted by Crippen LogP contribution is -2.44. The SMILES string of the molecule is CCCS(=O)(=O)N1CCCC(C(=O)Nc2n[nH]c(-c3ccccc3OC)n2)C1. The number of nitrogens with zero attached hydrogens (tertiary/aromatic N) is 3. The Morgan fingerprint density at radius 1 is 1.39 bits per heavy atom. The monoisotopic (exact) mass is 407 g/mol. The molecule has 1 amide bonds. The van der Waals surface area contributed by atoms with Crippen molar-refractivity contribution in [3.05, 3.63) is 24.3 Å². The van der Waals surface area contributed by atoms with E-state index in [1.165, 1.54) is 4.31 Å². The third-order valence-corrected chi connectivity index (χ3v) is 6.74. The number of sulfonamides is 1. The standard InChI is InChI=1S/C18H25N5O4S/c1-3-11-28(25,26)23-10-6-7-13(12-23)17(24)20-18-19-16(21-22-18)14-8-4-5-9-15(14)27-2/h4-5,8-9,13H,3,6-7,10-12H2,1-2H3,(H2,19,20,21,22,24). The first-order valence-corrected chi connectivity index (χ1v) is 10.9. The van der Waals surface area contributed by atoms with Crippen LogP contribution in [-0.4, -0.2) is 59.8 Å².